The van der Waals surface area contributed by atoms with Gasteiger partial charge < -0.3 is 15.5 Å². The third-order valence-corrected chi connectivity index (χ3v) is 2.45. The van der Waals surface area contributed by atoms with Gasteiger partial charge in [0.2, 0.25) is 0 Å². The highest BCUT2D eigenvalue weighted by atomic mass is 16.4. The number of hydrogen-bond acceptors (Lipinski definition) is 2. The van der Waals surface area contributed by atoms with Crippen molar-refractivity contribution in [2.45, 2.75) is 25.9 Å². The fraction of sp³-hybridized carbons (Fsp3) is 0.417. The number of aliphatic hydroxyl groups is 1. The van der Waals surface area contributed by atoms with Gasteiger partial charge in [-0.15, -0.1) is 0 Å². The van der Waals surface area contributed by atoms with E-state index in [2.05, 4.69) is 5.32 Å². The smallest absolute Gasteiger partial charge is 0.404 e. The van der Waals surface area contributed by atoms with Gasteiger partial charge in [-0.05, 0) is 25.0 Å². The van der Waals surface area contributed by atoms with Gasteiger partial charge >= 0.3 is 6.09 Å². The average Bonchev–Trinajstić information content (AvgIpc) is 2.19. The Morgan fingerprint density at radius 3 is 2.62 bits per heavy atom. The number of aryl methyl sites for hydroxylation is 1. The van der Waals surface area contributed by atoms with Crippen molar-refractivity contribution < 1.29 is 15.0 Å². The van der Waals surface area contributed by atoms with Crippen molar-refractivity contribution >= 4 is 6.09 Å². The number of carbonyl (C=O) groups is 1. The van der Waals surface area contributed by atoms with Crippen LogP contribution in [0.3, 0.4) is 0 Å². The molecule has 0 saturated carbocycles. The summed E-state index contributed by atoms with van der Waals surface area (Å²) < 4.78 is 0. The third-order valence-electron chi connectivity index (χ3n) is 2.45. The molecule has 0 fully saturated rings. The number of amides is 1. The molecule has 1 atom stereocenters. The topological polar surface area (TPSA) is 69.6 Å². The second-order valence-electron chi connectivity index (χ2n) is 4.26. The summed E-state index contributed by atoms with van der Waals surface area (Å²) in [6.07, 6.45) is -0.690. The number of rotatable bonds is 4. The predicted octanol–water partition coefficient (Wildman–Crippen LogP) is 1.56. The molecule has 0 aromatic heterocycles. The van der Waals surface area contributed by atoms with Crippen LogP contribution in [0.25, 0.3) is 0 Å². The van der Waals surface area contributed by atoms with E-state index in [4.69, 9.17) is 5.11 Å². The number of hydrogen-bond donors (Lipinski definition) is 3. The minimum atomic E-state index is -1.12. The molecular formula is C12H17NO3. The van der Waals surface area contributed by atoms with E-state index in [0.717, 1.165) is 11.1 Å². The maximum absolute atomic E-state index is 10.3. The van der Waals surface area contributed by atoms with Crippen LogP contribution in [0.5, 0.6) is 0 Å². The van der Waals surface area contributed by atoms with Gasteiger partial charge in [0.25, 0.3) is 0 Å². The molecule has 3 N–H and O–H groups in total. The fourth-order valence-corrected chi connectivity index (χ4v) is 1.55. The summed E-state index contributed by atoms with van der Waals surface area (Å²) in [7, 11) is 0. The molecule has 0 bridgehead atoms. The molecule has 0 radical (unpaired) electrons. The van der Waals surface area contributed by atoms with Crippen LogP contribution in [0.1, 0.15) is 18.1 Å². The van der Waals surface area contributed by atoms with Crippen molar-refractivity contribution in [2.24, 2.45) is 0 Å². The molecular weight excluding hydrogens is 206 g/mol. The average molecular weight is 223 g/mol. The lowest BCUT2D eigenvalue weighted by atomic mass is 9.94. The van der Waals surface area contributed by atoms with Crippen molar-refractivity contribution in [1.82, 2.24) is 5.32 Å². The van der Waals surface area contributed by atoms with Gasteiger partial charge in [0.1, 0.15) is 0 Å². The maximum atomic E-state index is 10.3. The lowest BCUT2D eigenvalue weighted by molar-refractivity contribution is 0.0595. The third kappa shape index (κ3) is 3.90. The normalized spacial score (nSPS) is 14.2. The van der Waals surface area contributed by atoms with E-state index in [9.17, 15) is 9.90 Å². The monoisotopic (exact) mass is 223 g/mol. The Bertz CT molecular complexity index is 374. The van der Waals surface area contributed by atoms with Gasteiger partial charge in [-0.3, -0.25) is 0 Å². The molecule has 0 aliphatic carbocycles. The molecule has 1 amide bonds. The summed E-state index contributed by atoms with van der Waals surface area (Å²) >= 11 is 0. The second kappa shape index (κ2) is 4.99. The van der Waals surface area contributed by atoms with Gasteiger partial charge in [-0.2, -0.15) is 0 Å². The first kappa shape index (κ1) is 12.5. The van der Waals surface area contributed by atoms with Crippen LogP contribution in [0, 0.1) is 6.92 Å². The van der Waals surface area contributed by atoms with Crippen molar-refractivity contribution in [3.05, 3.63) is 35.4 Å². The minimum Gasteiger partial charge on any atom is -0.465 e. The molecule has 16 heavy (non-hydrogen) atoms. The first-order valence-electron chi connectivity index (χ1n) is 5.14. The van der Waals surface area contributed by atoms with E-state index < -0.39 is 11.7 Å². The second-order valence-corrected chi connectivity index (χ2v) is 4.26. The van der Waals surface area contributed by atoms with E-state index in [1.54, 1.807) is 6.92 Å². The molecule has 1 rings (SSSR count). The van der Waals surface area contributed by atoms with E-state index in [1.807, 2.05) is 31.2 Å². The van der Waals surface area contributed by atoms with Crippen LogP contribution in [-0.4, -0.2) is 28.5 Å². The van der Waals surface area contributed by atoms with Crippen LogP contribution in [-0.2, 0) is 6.42 Å². The Kier molecular flexibility index (Phi) is 3.90. The quantitative estimate of drug-likeness (QED) is 0.725. The molecule has 1 aromatic rings. The summed E-state index contributed by atoms with van der Waals surface area (Å²) in [5, 5.41) is 20.7. The van der Waals surface area contributed by atoms with Gasteiger partial charge in [0.05, 0.1) is 5.60 Å². The van der Waals surface area contributed by atoms with E-state index in [-0.39, 0.29) is 6.54 Å². The summed E-state index contributed by atoms with van der Waals surface area (Å²) in [4.78, 5) is 10.3. The standard InChI is InChI=1S/C12H17NO3/c1-9-5-3-4-6-10(9)7-12(2,16)8-13-11(14)15/h3-6,13,16H,7-8H2,1-2H3,(H,14,15). The molecule has 0 heterocycles. The molecule has 0 saturated heterocycles. The minimum absolute atomic E-state index is 0.0245. The maximum Gasteiger partial charge on any atom is 0.404 e. The Morgan fingerprint density at radius 2 is 2.06 bits per heavy atom. The SMILES string of the molecule is Cc1ccccc1CC(C)(O)CNC(=O)O. The largest absolute Gasteiger partial charge is 0.465 e. The first-order valence-corrected chi connectivity index (χ1v) is 5.14. The predicted molar refractivity (Wildman–Crippen MR) is 61.5 cm³/mol. The zero-order valence-electron chi connectivity index (χ0n) is 9.53. The zero-order chi connectivity index (χ0) is 12.2. The van der Waals surface area contributed by atoms with Gasteiger partial charge in [-0.25, -0.2) is 4.79 Å². The fourth-order valence-electron chi connectivity index (χ4n) is 1.55. The van der Waals surface area contributed by atoms with Crippen molar-refractivity contribution in [3.8, 4) is 0 Å². The zero-order valence-corrected chi connectivity index (χ0v) is 9.53. The first-order chi connectivity index (χ1) is 7.41. The lowest BCUT2D eigenvalue weighted by Gasteiger charge is -2.23. The van der Waals surface area contributed by atoms with Crippen LogP contribution in [0.4, 0.5) is 4.79 Å². The van der Waals surface area contributed by atoms with Crippen molar-refractivity contribution in [2.75, 3.05) is 6.54 Å². The van der Waals surface area contributed by atoms with Crippen LogP contribution >= 0.6 is 0 Å². The highest BCUT2D eigenvalue weighted by Crippen LogP contribution is 2.15. The molecule has 1 aromatic carbocycles. The summed E-state index contributed by atoms with van der Waals surface area (Å²) in [6, 6.07) is 7.74. The summed E-state index contributed by atoms with van der Waals surface area (Å²) in [5.74, 6) is 0. The van der Waals surface area contributed by atoms with E-state index >= 15 is 0 Å². The highest BCUT2D eigenvalue weighted by Gasteiger charge is 2.22. The number of nitrogens with one attached hydrogen (secondary N) is 1. The Hall–Kier alpha value is -1.55. The Morgan fingerprint density at radius 1 is 1.44 bits per heavy atom. The van der Waals surface area contributed by atoms with Gasteiger partial charge in [0.15, 0.2) is 0 Å². The van der Waals surface area contributed by atoms with Crippen LogP contribution in [0.2, 0.25) is 0 Å². The molecule has 4 heteroatoms. The molecule has 1 unspecified atom stereocenters. The molecule has 0 aliphatic rings. The molecule has 0 spiro atoms. The van der Waals surface area contributed by atoms with Crippen molar-refractivity contribution in [3.63, 3.8) is 0 Å². The Labute approximate surface area is 94.9 Å². The van der Waals surface area contributed by atoms with Crippen LogP contribution in [0.15, 0.2) is 24.3 Å². The van der Waals surface area contributed by atoms with Crippen LogP contribution < -0.4 is 5.32 Å². The highest BCUT2D eigenvalue weighted by molar-refractivity contribution is 5.64. The lowest BCUT2D eigenvalue weighted by Crippen LogP contribution is -2.41. The molecule has 88 valence electrons. The van der Waals surface area contributed by atoms with E-state index in [1.165, 1.54) is 0 Å². The molecule has 4 nitrogen and oxygen atoms in total. The molecule has 0 aliphatic heterocycles. The summed E-state index contributed by atoms with van der Waals surface area (Å²) in [5.41, 5.74) is 1.06. The summed E-state index contributed by atoms with van der Waals surface area (Å²) in [6.45, 7) is 3.61. The number of benzene rings is 1. The number of carboxylic acid groups (broad SMARTS) is 1. The van der Waals surface area contributed by atoms with E-state index in [0.29, 0.717) is 6.42 Å². The van der Waals surface area contributed by atoms with Crippen molar-refractivity contribution in [1.29, 1.82) is 0 Å². The Balaban J connectivity index is 2.65. The van der Waals surface area contributed by atoms with Gasteiger partial charge in [0, 0.05) is 13.0 Å². The van der Waals surface area contributed by atoms with Gasteiger partial charge in [-0.1, -0.05) is 24.3 Å².